The zero-order chi connectivity index (χ0) is 12.3. The highest BCUT2D eigenvalue weighted by Gasteiger charge is 2.28. The highest BCUT2D eigenvalue weighted by Crippen LogP contribution is 2.21. The smallest absolute Gasteiger partial charge is 0.254 e. The van der Waals surface area contributed by atoms with Gasteiger partial charge in [0.15, 0.2) is 0 Å². The van der Waals surface area contributed by atoms with E-state index >= 15 is 0 Å². The number of benzene rings is 1. The van der Waals surface area contributed by atoms with Gasteiger partial charge in [-0.15, -0.1) is 0 Å². The summed E-state index contributed by atoms with van der Waals surface area (Å²) in [5.41, 5.74) is 2.34. The minimum absolute atomic E-state index is 0.220. The molecule has 0 aliphatic carbocycles. The molecule has 0 saturated heterocycles. The van der Waals surface area contributed by atoms with Crippen LogP contribution < -0.4 is 5.32 Å². The molecule has 2 amide bonds. The van der Waals surface area contributed by atoms with Crippen molar-refractivity contribution in [3.05, 3.63) is 47.0 Å². The molecule has 88 valence electrons. The van der Waals surface area contributed by atoms with Crippen molar-refractivity contribution in [3.8, 4) is 0 Å². The van der Waals surface area contributed by atoms with Gasteiger partial charge in [0.2, 0.25) is 0 Å². The number of imide groups is 1. The molecule has 0 fully saturated rings. The summed E-state index contributed by atoms with van der Waals surface area (Å²) in [4.78, 5) is 23.3. The molecule has 17 heavy (non-hydrogen) atoms. The van der Waals surface area contributed by atoms with Crippen LogP contribution in [0.3, 0.4) is 0 Å². The van der Waals surface area contributed by atoms with E-state index < -0.39 is 0 Å². The Kier molecular flexibility index (Phi) is 3.38. The first kappa shape index (κ1) is 11.6. The van der Waals surface area contributed by atoms with Crippen molar-refractivity contribution in [2.75, 3.05) is 0 Å². The summed E-state index contributed by atoms with van der Waals surface area (Å²) in [5.74, 6) is -0.454. The van der Waals surface area contributed by atoms with E-state index in [1.165, 1.54) is 0 Å². The van der Waals surface area contributed by atoms with Gasteiger partial charge in [-0.1, -0.05) is 43.7 Å². The number of hydrogen-bond acceptors (Lipinski definition) is 2. The lowest BCUT2D eigenvalue weighted by molar-refractivity contribution is -0.124. The Morgan fingerprint density at radius 2 is 1.65 bits per heavy atom. The largest absolute Gasteiger partial charge is 0.289 e. The summed E-state index contributed by atoms with van der Waals surface area (Å²) in [6, 6.07) is 9.73. The molecule has 1 aromatic rings. The number of carbonyl (C=O) groups excluding carboxylic acids is 2. The summed E-state index contributed by atoms with van der Waals surface area (Å²) in [6.45, 7) is 2.00. The molecule has 0 spiro atoms. The van der Waals surface area contributed by atoms with E-state index in [1.807, 2.05) is 37.3 Å². The van der Waals surface area contributed by atoms with E-state index in [1.54, 1.807) is 0 Å². The molecule has 3 heteroatoms. The van der Waals surface area contributed by atoms with Crippen LogP contribution in [-0.4, -0.2) is 11.8 Å². The minimum atomic E-state index is -0.234. The van der Waals surface area contributed by atoms with Gasteiger partial charge < -0.3 is 0 Å². The average Bonchev–Trinajstić information content (AvgIpc) is 2.58. The maximum Gasteiger partial charge on any atom is 0.254 e. The SMILES string of the molecule is CCCC1=C(Cc2ccccc2)C(=O)NC1=O. The van der Waals surface area contributed by atoms with Crippen LogP contribution >= 0.6 is 0 Å². The van der Waals surface area contributed by atoms with Gasteiger partial charge in [0.05, 0.1) is 0 Å². The van der Waals surface area contributed by atoms with E-state index in [-0.39, 0.29) is 11.8 Å². The van der Waals surface area contributed by atoms with Crippen molar-refractivity contribution >= 4 is 11.8 Å². The molecule has 0 radical (unpaired) electrons. The van der Waals surface area contributed by atoms with Crippen LogP contribution in [0.5, 0.6) is 0 Å². The quantitative estimate of drug-likeness (QED) is 0.802. The fourth-order valence-electron chi connectivity index (χ4n) is 2.03. The first-order valence-corrected chi connectivity index (χ1v) is 5.84. The second kappa shape index (κ2) is 4.95. The number of hydrogen-bond donors (Lipinski definition) is 1. The van der Waals surface area contributed by atoms with Gasteiger partial charge in [0, 0.05) is 17.6 Å². The van der Waals surface area contributed by atoms with E-state index in [0.29, 0.717) is 24.0 Å². The lowest BCUT2D eigenvalue weighted by Gasteiger charge is -2.02. The number of nitrogens with one attached hydrogen (secondary N) is 1. The Morgan fingerprint density at radius 3 is 2.29 bits per heavy atom. The summed E-state index contributed by atoms with van der Waals surface area (Å²) in [5, 5.41) is 2.37. The minimum Gasteiger partial charge on any atom is -0.289 e. The molecular weight excluding hydrogens is 214 g/mol. The maximum absolute atomic E-state index is 11.7. The Bertz CT molecular complexity index is 474. The third-order valence-corrected chi connectivity index (χ3v) is 2.86. The zero-order valence-electron chi connectivity index (χ0n) is 9.82. The predicted octanol–water partition coefficient (Wildman–Crippen LogP) is 1.98. The maximum atomic E-state index is 11.7. The standard InChI is InChI=1S/C14H15NO2/c1-2-6-11-12(14(17)15-13(11)16)9-10-7-4-3-5-8-10/h3-5,7-8H,2,6,9H2,1H3,(H,15,16,17). The first-order valence-electron chi connectivity index (χ1n) is 5.84. The highest BCUT2D eigenvalue weighted by molar-refractivity contribution is 6.19. The van der Waals surface area contributed by atoms with Crippen LogP contribution in [0, 0.1) is 0 Å². The van der Waals surface area contributed by atoms with Crippen molar-refractivity contribution in [1.29, 1.82) is 0 Å². The number of amides is 2. The van der Waals surface area contributed by atoms with Gasteiger partial charge in [-0.2, -0.15) is 0 Å². The molecule has 2 rings (SSSR count). The molecule has 3 nitrogen and oxygen atoms in total. The fourth-order valence-corrected chi connectivity index (χ4v) is 2.03. The third kappa shape index (κ3) is 2.44. The summed E-state index contributed by atoms with van der Waals surface area (Å²) < 4.78 is 0. The second-order valence-electron chi connectivity index (χ2n) is 4.15. The van der Waals surface area contributed by atoms with Crippen molar-refractivity contribution in [1.82, 2.24) is 5.32 Å². The summed E-state index contributed by atoms with van der Waals surface area (Å²) >= 11 is 0. The van der Waals surface area contributed by atoms with Gasteiger partial charge in [-0.25, -0.2) is 0 Å². The van der Waals surface area contributed by atoms with Crippen molar-refractivity contribution in [2.24, 2.45) is 0 Å². The lowest BCUT2D eigenvalue weighted by atomic mass is 9.99. The molecule has 1 aliphatic heterocycles. The van der Waals surface area contributed by atoms with Gasteiger partial charge in [-0.3, -0.25) is 14.9 Å². The monoisotopic (exact) mass is 229 g/mol. The molecule has 0 atom stereocenters. The Hall–Kier alpha value is -1.90. The van der Waals surface area contributed by atoms with Crippen LogP contribution in [0.15, 0.2) is 41.5 Å². The number of rotatable bonds is 4. The molecular formula is C14H15NO2. The molecule has 0 saturated carbocycles. The molecule has 0 unspecified atom stereocenters. The molecule has 0 aromatic heterocycles. The Balaban J connectivity index is 2.28. The molecule has 1 N–H and O–H groups in total. The highest BCUT2D eigenvalue weighted by atomic mass is 16.2. The normalized spacial score (nSPS) is 15.4. The summed E-state index contributed by atoms with van der Waals surface area (Å²) in [7, 11) is 0. The number of carbonyl (C=O) groups is 2. The van der Waals surface area contributed by atoms with Crippen LogP contribution in [0.25, 0.3) is 0 Å². The van der Waals surface area contributed by atoms with Crippen LogP contribution in [0.2, 0.25) is 0 Å². The van der Waals surface area contributed by atoms with Crippen LogP contribution in [-0.2, 0) is 16.0 Å². The van der Waals surface area contributed by atoms with Crippen LogP contribution in [0.4, 0.5) is 0 Å². The third-order valence-electron chi connectivity index (χ3n) is 2.86. The van der Waals surface area contributed by atoms with E-state index in [4.69, 9.17) is 0 Å². The molecule has 1 aliphatic rings. The Labute approximate surface area is 101 Å². The Morgan fingerprint density at radius 1 is 1.00 bits per heavy atom. The van der Waals surface area contributed by atoms with Crippen molar-refractivity contribution in [3.63, 3.8) is 0 Å². The van der Waals surface area contributed by atoms with Crippen molar-refractivity contribution < 1.29 is 9.59 Å². The molecule has 0 bridgehead atoms. The topological polar surface area (TPSA) is 46.2 Å². The lowest BCUT2D eigenvalue weighted by Crippen LogP contribution is -2.23. The first-order chi connectivity index (χ1) is 8.22. The average molecular weight is 229 g/mol. The van der Waals surface area contributed by atoms with Gasteiger partial charge in [0.1, 0.15) is 0 Å². The molecule has 1 heterocycles. The van der Waals surface area contributed by atoms with Crippen LogP contribution in [0.1, 0.15) is 25.3 Å². The predicted molar refractivity (Wildman–Crippen MR) is 65.2 cm³/mol. The van der Waals surface area contributed by atoms with Gasteiger partial charge in [-0.05, 0) is 12.0 Å². The van der Waals surface area contributed by atoms with Gasteiger partial charge >= 0.3 is 0 Å². The van der Waals surface area contributed by atoms with E-state index in [0.717, 1.165) is 12.0 Å². The van der Waals surface area contributed by atoms with Crippen molar-refractivity contribution in [2.45, 2.75) is 26.2 Å². The fraction of sp³-hybridized carbons (Fsp3) is 0.286. The van der Waals surface area contributed by atoms with Gasteiger partial charge in [0.25, 0.3) is 11.8 Å². The van der Waals surface area contributed by atoms with E-state index in [2.05, 4.69) is 5.32 Å². The second-order valence-corrected chi connectivity index (χ2v) is 4.15. The molecule has 1 aromatic carbocycles. The van der Waals surface area contributed by atoms with E-state index in [9.17, 15) is 9.59 Å². The zero-order valence-corrected chi connectivity index (χ0v) is 9.82. The summed E-state index contributed by atoms with van der Waals surface area (Å²) in [6.07, 6.45) is 2.07.